The lowest BCUT2D eigenvalue weighted by Crippen LogP contribution is -2.47. The first-order chi connectivity index (χ1) is 8.25. The molecule has 1 aliphatic heterocycles. The molecule has 1 heterocycles. The smallest absolute Gasteiger partial charge is 0.320 e. The Bertz CT molecular complexity index is 215. The van der Waals surface area contributed by atoms with Gasteiger partial charge in [-0.05, 0) is 6.42 Å². The van der Waals surface area contributed by atoms with E-state index in [-0.39, 0.29) is 6.04 Å². The van der Waals surface area contributed by atoms with Crippen molar-refractivity contribution in [1.29, 1.82) is 0 Å². The quantitative estimate of drug-likeness (QED) is 0.663. The highest BCUT2D eigenvalue weighted by Crippen LogP contribution is 2.13. The van der Waals surface area contributed by atoms with Crippen molar-refractivity contribution in [1.82, 2.24) is 4.90 Å². The van der Waals surface area contributed by atoms with Crippen LogP contribution in [0.4, 0.5) is 0 Å². The molecule has 0 spiro atoms. The molecule has 1 fully saturated rings. The first-order valence-electron chi connectivity index (χ1n) is 6.80. The van der Waals surface area contributed by atoms with Crippen LogP contribution in [0.5, 0.6) is 0 Å². The topological polar surface area (TPSA) is 49.8 Å². The molecule has 4 nitrogen and oxygen atoms in total. The Morgan fingerprint density at radius 2 is 1.88 bits per heavy atom. The number of carboxylic acid groups (broad SMARTS) is 1. The Balaban J connectivity index is 2.25. The van der Waals surface area contributed by atoms with Crippen molar-refractivity contribution in [2.45, 2.75) is 51.5 Å². The van der Waals surface area contributed by atoms with Crippen molar-refractivity contribution in [3.8, 4) is 0 Å². The van der Waals surface area contributed by atoms with Gasteiger partial charge in [0.15, 0.2) is 0 Å². The van der Waals surface area contributed by atoms with Gasteiger partial charge >= 0.3 is 5.97 Å². The molecular weight excluding hydrogens is 218 g/mol. The summed E-state index contributed by atoms with van der Waals surface area (Å²) in [6.45, 7) is 5.03. The number of nitrogens with zero attached hydrogens (tertiary/aromatic N) is 1. The van der Waals surface area contributed by atoms with E-state index in [1.165, 1.54) is 19.3 Å². The minimum Gasteiger partial charge on any atom is -0.480 e. The van der Waals surface area contributed by atoms with Gasteiger partial charge in [0.25, 0.3) is 0 Å². The van der Waals surface area contributed by atoms with Crippen molar-refractivity contribution >= 4 is 5.97 Å². The normalized spacial score (nSPS) is 19.1. The number of unbranched alkanes of at least 4 members (excludes halogenated alkanes) is 4. The van der Waals surface area contributed by atoms with E-state index < -0.39 is 5.97 Å². The van der Waals surface area contributed by atoms with Crippen LogP contribution in [0.3, 0.4) is 0 Å². The van der Waals surface area contributed by atoms with Crippen molar-refractivity contribution in [2.24, 2.45) is 0 Å². The van der Waals surface area contributed by atoms with E-state index in [1.807, 2.05) is 4.90 Å². The highest BCUT2D eigenvalue weighted by Gasteiger charge is 2.26. The molecule has 0 aliphatic carbocycles. The Morgan fingerprint density at radius 1 is 1.24 bits per heavy atom. The molecule has 1 saturated heterocycles. The number of hydrogen-bond acceptors (Lipinski definition) is 3. The first-order valence-corrected chi connectivity index (χ1v) is 6.80. The van der Waals surface area contributed by atoms with Crippen LogP contribution >= 0.6 is 0 Å². The number of rotatable bonds is 8. The largest absolute Gasteiger partial charge is 0.480 e. The summed E-state index contributed by atoms with van der Waals surface area (Å²) in [6.07, 6.45) is 6.67. The van der Waals surface area contributed by atoms with Crippen LogP contribution in [0.1, 0.15) is 45.4 Å². The molecular formula is C13H25NO3. The average molecular weight is 243 g/mol. The Hall–Kier alpha value is -0.610. The number of hydrogen-bond donors (Lipinski definition) is 1. The average Bonchev–Trinajstić information content (AvgIpc) is 2.34. The Labute approximate surface area is 104 Å². The van der Waals surface area contributed by atoms with Gasteiger partial charge in [0.1, 0.15) is 6.04 Å². The van der Waals surface area contributed by atoms with Crippen LogP contribution in [0.2, 0.25) is 0 Å². The lowest BCUT2D eigenvalue weighted by molar-refractivity contribution is -0.145. The van der Waals surface area contributed by atoms with E-state index in [1.54, 1.807) is 0 Å². The van der Waals surface area contributed by atoms with Gasteiger partial charge in [0.2, 0.25) is 0 Å². The van der Waals surface area contributed by atoms with Gasteiger partial charge in [-0.25, -0.2) is 0 Å². The maximum atomic E-state index is 11.2. The van der Waals surface area contributed by atoms with E-state index in [0.29, 0.717) is 13.2 Å². The second-order valence-electron chi connectivity index (χ2n) is 4.71. The zero-order chi connectivity index (χ0) is 12.5. The predicted molar refractivity (Wildman–Crippen MR) is 67.2 cm³/mol. The van der Waals surface area contributed by atoms with Crippen molar-refractivity contribution in [3.05, 3.63) is 0 Å². The number of morpholine rings is 1. The van der Waals surface area contributed by atoms with Gasteiger partial charge < -0.3 is 9.84 Å². The summed E-state index contributed by atoms with van der Waals surface area (Å²) in [5, 5.41) is 9.25. The lowest BCUT2D eigenvalue weighted by Gasteiger charge is -2.31. The van der Waals surface area contributed by atoms with Crippen LogP contribution in [0.25, 0.3) is 0 Å². The van der Waals surface area contributed by atoms with Crippen LogP contribution in [0.15, 0.2) is 0 Å². The van der Waals surface area contributed by atoms with Crippen LogP contribution in [-0.4, -0.2) is 48.3 Å². The number of carbonyl (C=O) groups is 1. The van der Waals surface area contributed by atoms with Gasteiger partial charge in [0, 0.05) is 13.1 Å². The van der Waals surface area contributed by atoms with Gasteiger partial charge in [-0.1, -0.05) is 39.0 Å². The summed E-state index contributed by atoms with van der Waals surface area (Å²) in [7, 11) is 0. The third-order valence-electron chi connectivity index (χ3n) is 3.35. The molecule has 0 aromatic carbocycles. The predicted octanol–water partition coefficient (Wildman–Crippen LogP) is 2.13. The molecule has 0 radical (unpaired) electrons. The molecule has 1 unspecified atom stereocenters. The van der Waals surface area contributed by atoms with E-state index in [4.69, 9.17) is 4.74 Å². The molecule has 1 rings (SSSR count). The standard InChI is InChI=1S/C13H25NO3/c1-2-3-4-5-6-7-12(13(15)16)14-8-10-17-11-9-14/h12H,2-11H2,1H3,(H,15,16). The molecule has 0 aromatic rings. The third kappa shape index (κ3) is 5.50. The minimum absolute atomic E-state index is 0.305. The molecule has 0 aromatic heterocycles. The summed E-state index contributed by atoms with van der Waals surface area (Å²) < 4.78 is 5.25. The SMILES string of the molecule is CCCCCCCC(C(=O)O)N1CCOCC1. The molecule has 1 N–H and O–H groups in total. The molecule has 100 valence electrons. The number of aliphatic carboxylic acids is 1. The maximum Gasteiger partial charge on any atom is 0.320 e. The van der Waals surface area contributed by atoms with Crippen molar-refractivity contribution < 1.29 is 14.6 Å². The molecule has 0 amide bonds. The Morgan fingerprint density at radius 3 is 2.47 bits per heavy atom. The zero-order valence-corrected chi connectivity index (χ0v) is 10.9. The summed E-state index contributed by atoms with van der Waals surface area (Å²) in [5.74, 6) is -0.678. The van der Waals surface area contributed by atoms with Crippen molar-refractivity contribution in [3.63, 3.8) is 0 Å². The molecule has 17 heavy (non-hydrogen) atoms. The Kier molecular flexibility index (Phi) is 7.21. The molecule has 4 heteroatoms. The lowest BCUT2D eigenvalue weighted by atomic mass is 10.0. The highest BCUT2D eigenvalue weighted by molar-refractivity contribution is 5.73. The van der Waals surface area contributed by atoms with E-state index in [9.17, 15) is 9.90 Å². The maximum absolute atomic E-state index is 11.2. The third-order valence-corrected chi connectivity index (χ3v) is 3.35. The fourth-order valence-electron chi connectivity index (χ4n) is 2.29. The van der Waals surface area contributed by atoms with Gasteiger partial charge in [-0.3, -0.25) is 9.69 Å². The van der Waals surface area contributed by atoms with Gasteiger partial charge in [0.05, 0.1) is 13.2 Å². The zero-order valence-electron chi connectivity index (χ0n) is 10.9. The molecule has 0 bridgehead atoms. The second kappa shape index (κ2) is 8.48. The molecule has 1 aliphatic rings. The highest BCUT2D eigenvalue weighted by atomic mass is 16.5. The van der Waals surface area contributed by atoms with E-state index >= 15 is 0 Å². The first kappa shape index (κ1) is 14.5. The number of carboxylic acids is 1. The molecule has 1 atom stereocenters. The fraction of sp³-hybridized carbons (Fsp3) is 0.923. The van der Waals surface area contributed by atoms with E-state index in [0.717, 1.165) is 32.4 Å². The van der Waals surface area contributed by atoms with Crippen LogP contribution < -0.4 is 0 Å². The summed E-state index contributed by atoms with van der Waals surface area (Å²) >= 11 is 0. The fourth-order valence-corrected chi connectivity index (χ4v) is 2.29. The summed E-state index contributed by atoms with van der Waals surface area (Å²) in [4.78, 5) is 13.3. The summed E-state index contributed by atoms with van der Waals surface area (Å²) in [5.41, 5.74) is 0. The minimum atomic E-state index is -0.678. The van der Waals surface area contributed by atoms with Gasteiger partial charge in [-0.2, -0.15) is 0 Å². The van der Waals surface area contributed by atoms with E-state index in [2.05, 4.69) is 6.92 Å². The summed E-state index contributed by atoms with van der Waals surface area (Å²) in [6, 6.07) is -0.305. The second-order valence-corrected chi connectivity index (χ2v) is 4.71. The number of ether oxygens (including phenoxy) is 1. The van der Waals surface area contributed by atoms with Crippen molar-refractivity contribution in [2.75, 3.05) is 26.3 Å². The van der Waals surface area contributed by atoms with Crippen LogP contribution in [-0.2, 0) is 9.53 Å². The van der Waals surface area contributed by atoms with Crippen LogP contribution in [0, 0.1) is 0 Å². The molecule has 0 saturated carbocycles. The monoisotopic (exact) mass is 243 g/mol. The van der Waals surface area contributed by atoms with Gasteiger partial charge in [-0.15, -0.1) is 0 Å².